The Hall–Kier alpha value is -0.940. The minimum atomic E-state index is -0.0263. The Morgan fingerprint density at radius 3 is 2.65 bits per heavy atom. The summed E-state index contributed by atoms with van der Waals surface area (Å²) in [5.41, 5.74) is 6.17. The zero-order valence-corrected chi connectivity index (χ0v) is 11.3. The summed E-state index contributed by atoms with van der Waals surface area (Å²) in [5.74, 6) is 0.936. The van der Waals surface area contributed by atoms with Gasteiger partial charge < -0.3 is 10.5 Å². The minimum Gasteiger partial charge on any atom is -0.377 e. The molecule has 1 heterocycles. The fraction of sp³-hybridized carbons (Fsp3) is 0.833. The van der Waals surface area contributed by atoms with Gasteiger partial charge in [-0.1, -0.05) is 6.92 Å². The Kier molecular flexibility index (Phi) is 5.58. The van der Waals surface area contributed by atoms with Crippen LogP contribution in [0.25, 0.3) is 0 Å². The highest BCUT2D eigenvalue weighted by Crippen LogP contribution is 2.11. The molecule has 2 atom stereocenters. The van der Waals surface area contributed by atoms with Gasteiger partial charge in [-0.3, -0.25) is 0 Å². The standard InChI is InChI=1S/C12H24N4O/c1-5-11(17-6-2)10(13)7-12-14-8-15-16(12)9(3)4/h8-11H,5-7,13H2,1-4H3. The molecular weight excluding hydrogens is 216 g/mol. The van der Waals surface area contributed by atoms with Gasteiger partial charge in [0.2, 0.25) is 0 Å². The third kappa shape index (κ3) is 3.78. The number of nitrogens with two attached hydrogens (primary N) is 1. The van der Waals surface area contributed by atoms with E-state index in [1.165, 1.54) is 0 Å². The van der Waals surface area contributed by atoms with Gasteiger partial charge in [-0.05, 0) is 27.2 Å². The monoisotopic (exact) mass is 240 g/mol. The lowest BCUT2D eigenvalue weighted by Gasteiger charge is -2.22. The maximum atomic E-state index is 6.17. The van der Waals surface area contributed by atoms with Crippen molar-refractivity contribution in [2.24, 2.45) is 5.73 Å². The van der Waals surface area contributed by atoms with E-state index in [1.807, 2.05) is 11.6 Å². The van der Waals surface area contributed by atoms with Crippen LogP contribution in [0.1, 0.15) is 46.0 Å². The first-order valence-electron chi connectivity index (χ1n) is 6.35. The smallest absolute Gasteiger partial charge is 0.138 e. The molecule has 0 aliphatic rings. The van der Waals surface area contributed by atoms with Crippen LogP contribution in [0.5, 0.6) is 0 Å². The molecule has 0 aliphatic carbocycles. The van der Waals surface area contributed by atoms with Crippen LogP contribution < -0.4 is 5.73 Å². The van der Waals surface area contributed by atoms with Crippen LogP contribution >= 0.6 is 0 Å². The molecule has 0 aromatic carbocycles. The van der Waals surface area contributed by atoms with E-state index in [1.54, 1.807) is 6.33 Å². The lowest BCUT2D eigenvalue weighted by atomic mass is 10.1. The molecule has 0 amide bonds. The third-order valence-electron chi connectivity index (χ3n) is 2.82. The van der Waals surface area contributed by atoms with Crippen molar-refractivity contribution in [3.05, 3.63) is 12.2 Å². The average molecular weight is 240 g/mol. The molecule has 0 fully saturated rings. The van der Waals surface area contributed by atoms with Gasteiger partial charge in [0.05, 0.1) is 6.10 Å². The number of nitrogens with zero attached hydrogens (tertiary/aromatic N) is 3. The maximum absolute atomic E-state index is 6.17. The van der Waals surface area contributed by atoms with Gasteiger partial charge in [0, 0.05) is 25.1 Å². The quantitative estimate of drug-likeness (QED) is 0.785. The highest BCUT2D eigenvalue weighted by Gasteiger charge is 2.19. The van der Waals surface area contributed by atoms with E-state index in [0.29, 0.717) is 19.1 Å². The molecular formula is C12H24N4O. The summed E-state index contributed by atoms with van der Waals surface area (Å²) >= 11 is 0. The molecule has 0 bridgehead atoms. The van der Waals surface area contributed by atoms with Gasteiger partial charge in [-0.2, -0.15) is 5.10 Å². The van der Waals surface area contributed by atoms with Crippen molar-refractivity contribution < 1.29 is 4.74 Å². The van der Waals surface area contributed by atoms with Crippen LogP contribution in [0, 0.1) is 0 Å². The molecule has 1 aromatic heterocycles. The van der Waals surface area contributed by atoms with Crippen LogP contribution in [-0.2, 0) is 11.2 Å². The Morgan fingerprint density at radius 2 is 2.12 bits per heavy atom. The van der Waals surface area contributed by atoms with E-state index < -0.39 is 0 Å². The zero-order valence-electron chi connectivity index (χ0n) is 11.3. The molecule has 17 heavy (non-hydrogen) atoms. The molecule has 0 spiro atoms. The first-order valence-corrected chi connectivity index (χ1v) is 6.35. The number of rotatable bonds is 7. The van der Waals surface area contributed by atoms with E-state index in [4.69, 9.17) is 10.5 Å². The number of hydrogen-bond donors (Lipinski definition) is 1. The molecule has 2 unspecified atom stereocenters. The van der Waals surface area contributed by atoms with Gasteiger partial charge in [-0.25, -0.2) is 9.67 Å². The lowest BCUT2D eigenvalue weighted by molar-refractivity contribution is 0.0410. The van der Waals surface area contributed by atoms with E-state index >= 15 is 0 Å². The van der Waals surface area contributed by atoms with Crippen molar-refractivity contribution in [1.29, 1.82) is 0 Å². The second kappa shape index (κ2) is 6.71. The molecule has 5 heteroatoms. The largest absolute Gasteiger partial charge is 0.377 e. The predicted octanol–water partition coefficient (Wildman–Crippen LogP) is 1.54. The zero-order chi connectivity index (χ0) is 12.8. The van der Waals surface area contributed by atoms with Crippen LogP contribution in [0.3, 0.4) is 0 Å². The number of aromatic nitrogens is 3. The van der Waals surface area contributed by atoms with Gasteiger partial charge in [0.15, 0.2) is 0 Å². The van der Waals surface area contributed by atoms with Gasteiger partial charge in [0.25, 0.3) is 0 Å². The van der Waals surface area contributed by atoms with Crippen LogP contribution in [-0.4, -0.2) is 33.5 Å². The van der Waals surface area contributed by atoms with Crippen LogP contribution in [0.15, 0.2) is 6.33 Å². The highest BCUT2D eigenvalue weighted by molar-refractivity contribution is 4.92. The van der Waals surface area contributed by atoms with Crippen molar-refractivity contribution in [1.82, 2.24) is 14.8 Å². The second-order valence-corrected chi connectivity index (χ2v) is 4.48. The average Bonchev–Trinajstić information content (AvgIpc) is 2.73. The molecule has 0 saturated heterocycles. The molecule has 0 aliphatic heterocycles. The maximum Gasteiger partial charge on any atom is 0.138 e. The fourth-order valence-corrected chi connectivity index (χ4v) is 1.95. The minimum absolute atomic E-state index is 0.0263. The molecule has 1 rings (SSSR count). The van der Waals surface area contributed by atoms with E-state index in [0.717, 1.165) is 12.2 Å². The SMILES string of the molecule is CCOC(CC)C(N)Cc1ncnn1C(C)C. The lowest BCUT2D eigenvalue weighted by Crippen LogP contribution is -2.39. The van der Waals surface area contributed by atoms with Crippen molar-refractivity contribution in [3.63, 3.8) is 0 Å². The first kappa shape index (κ1) is 14.1. The topological polar surface area (TPSA) is 66.0 Å². The van der Waals surface area contributed by atoms with Crippen molar-refractivity contribution in [2.75, 3.05) is 6.61 Å². The summed E-state index contributed by atoms with van der Waals surface area (Å²) in [6.45, 7) is 8.95. The summed E-state index contributed by atoms with van der Waals surface area (Å²) in [6.07, 6.45) is 3.31. The van der Waals surface area contributed by atoms with E-state index in [2.05, 4.69) is 30.9 Å². The Bertz CT molecular complexity index is 324. The molecule has 0 radical (unpaired) electrons. The van der Waals surface area contributed by atoms with Crippen molar-refractivity contribution in [3.8, 4) is 0 Å². The number of ether oxygens (including phenoxy) is 1. The highest BCUT2D eigenvalue weighted by atomic mass is 16.5. The second-order valence-electron chi connectivity index (χ2n) is 4.48. The molecule has 0 saturated carbocycles. The summed E-state index contributed by atoms with van der Waals surface area (Å²) in [5, 5.41) is 4.21. The first-order chi connectivity index (χ1) is 8.10. The van der Waals surface area contributed by atoms with Crippen molar-refractivity contribution >= 4 is 0 Å². The summed E-state index contributed by atoms with van der Waals surface area (Å²) < 4.78 is 7.53. The normalized spacial score (nSPS) is 15.2. The van der Waals surface area contributed by atoms with E-state index in [-0.39, 0.29) is 12.1 Å². The third-order valence-corrected chi connectivity index (χ3v) is 2.82. The summed E-state index contributed by atoms with van der Waals surface area (Å²) in [6, 6.07) is 0.286. The van der Waals surface area contributed by atoms with E-state index in [9.17, 15) is 0 Å². The summed E-state index contributed by atoms with van der Waals surface area (Å²) in [7, 11) is 0. The predicted molar refractivity (Wildman–Crippen MR) is 67.8 cm³/mol. The van der Waals surface area contributed by atoms with Gasteiger partial charge >= 0.3 is 0 Å². The number of hydrogen-bond acceptors (Lipinski definition) is 4. The van der Waals surface area contributed by atoms with Gasteiger partial charge in [-0.15, -0.1) is 0 Å². The molecule has 98 valence electrons. The Labute approximate surface area is 103 Å². The Balaban J connectivity index is 2.66. The molecule has 1 aromatic rings. The molecule has 2 N–H and O–H groups in total. The van der Waals surface area contributed by atoms with Crippen LogP contribution in [0.4, 0.5) is 0 Å². The fourth-order valence-electron chi connectivity index (χ4n) is 1.95. The van der Waals surface area contributed by atoms with Gasteiger partial charge in [0.1, 0.15) is 12.2 Å². The summed E-state index contributed by atoms with van der Waals surface area (Å²) in [4.78, 5) is 4.27. The molecule has 5 nitrogen and oxygen atoms in total. The van der Waals surface area contributed by atoms with Crippen LogP contribution in [0.2, 0.25) is 0 Å². The van der Waals surface area contributed by atoms with Crippen molar-refractivity contribution in [2.45, 2.75) is 58.7 Å². The Morgan fingerprint density at radius 1 is 1.41 bits per heavy atom.